The topological polar surface area (TPSA) is 38.1 Å². The molecule has 5 heteroatoms. The second kappa shape index (κ2) is 10.1. The van der Waals surface area contributed by atoms with Crippen LogP contribution in [-0.2, 0) is 24.4 Å². The van der Waals surface area contributed by atoms with Crippen LogP contribution >= 0.6 is 0 Å². The highest BCUT2D eigenvalue weighted by Gasteiger charge is 2.21. The Morgan fingerprint density at radius 1 is 1.14 bits per heavy atom. The summed E-state index contributed by atoms with van der Waals surface area (Å²) in [4.78, 5) is 4.95. The van der Waals surface area contributed by atoms with Crippen molar-refractivity contribution in [1.82, 2.24) is 9.80 Å². The highest BCUT2D eigenvalue weighted by atomic mass is 16.5. The summed E-state index contributed by atoms with van der Waals surface area (Å²) < 4.78 is 16.4. The van der Waals surface area contributed by atoms with Crippen LogP contribution in [0, 0.1) is 12.8 Å². The van der Waals surface area contributed by atoms with Gasteiger partial charge in [-0.15, -0.1) is 0 Å². The molecule has 1 aromatic carbocycles. The minimum Gasteiger partial charge on any atom is -0.496 e. The fourth-order valence-electron chi connectivity index (χ4n) is 4.13. The Bertz CT molecular complexity index is 735. The van der Waals surface area contributed by atoms with Gasteiger partial charge in [0.25, 0.3) is 0 Å². The average Bonchev–Trinajstić information content (AvgIpc) is 3.08. The number of hydrogen-bond donors (Lipinski definition) is 0. The summed E-state index contributed by atoms with van der Waals surface area (Å²) in [5.74, 6) is 3.74. The van der Waals surface area contributed by atoms with E-state index in [1.54, 1.807) is 14.2 Å². The molecule has 0 aliphatic carbocycles. The van der Waals surface area contributed by atoms with Crippen molar-refractivity contribution in [3.63, 3.8) is 0 Å². The molecule has 0 N–H and O–H groups in total. The predicted octanol–water partition coefficient (Wildman–Crippen LogP) is 4.09. The molecule has 0 spiro atoms. The molecule has 0 unspecified atom stereocenters. The molecular weight excluding hydrogens is 352 g/mol. The highest BCUT2D eigenvalue weighted by molar-refractivity contribution is 5.36. The van der Waals surface area contributed by atoms with Crippen molar-refractivity contribution in [1.29, 1.82) is 0 Å². The van der Waals surface area contributed by atoms with Gasteiger partial charge in [0.2, 0.25) is 0 Å². The molecular formula is C23H34N2O3. The van der Waals surface area contributed by atoms with Crippen molar-refractivity contribution in [3.8, 4) is 5.75 Å². The number of furan rings is 1. The minimum atomic E-state index is 0.578. The Hall–Kier alpha value is -1.82. The third-order valence-electron chi connectivity index (χ3n) is 5.55. The third-order valence-corrected chi connectivity index (χ3v) is 5.55. The number of methoxy groups -OCH3 is 2. The number of rotatable bonds is 9. The molecule has 0 saturated carbocycles. The second-order valence-corrected chi connectivity index (χ2v) is 8.01. The SMILES string of the molecule is COCc1cc(CN(C)CC2CCN(Cc3ccc(C)o3)CC2)ccc1OC. The Balaban J connectivity index is 1.45. The van der Waals surface area contributed by atoms with Gasteiger partial charge in [-0.1, -0.05) is 6.07 Å². The Kier molecular flexibility index (Phi) is 7.54. The smallest absolute Gasteiger partial charge is 0.124 e. The van der Waals surface area contributed by atoms with E-state index < -0.39 is 0 Å². The maximum Gasteiger partial charge on any atom is 0.124 e. The van der Waals surface area contributed by atoms with E-state index in [1.165, 1.54) is 18.4 Å². The number of likely N-dealkylation sites (tertiary alicyclic amines) is 1. The summed E-state index contributed by atoms with van der Waals surface area (Å²) in [5.41, 5.74) is 2.42. The van der Waals surface area contributed by atoms with Crippen LogP contribution in [0.4, 0.5) is 0 Å². The number of aryl methyl sites for hydroxylation is 1. The molecule has 0 amide bonds. The molecule has 154 valence electrons. The lowest BCUT2D eigenvalue weighted by Crippen LogP contribution is -2.37. The Morgan fingerprint density at radius 3 is 2.57 bits per heavy atom. The fourth-order valence-corrected chi connectivity index (χ4v) is 4.13. The van der Waals surface area contributed by atoms with E-state index in [2.05, 4.69) is 35.0 Å². The maximum absolute atomic E-state index is 5.72. The molecule has 0 atom stereocenters. The summed E-state index contributed by atoms with van der Waals surface area (Å²) in [6.45, 7) is 7.91. The van der Waals surface area contributed by atoms with Gasteiger partial charge in [-0.3, -0.25) is 4.90 Å². The highest BCUT2D eigenvalue weighted by Crippen LogP contribution is 2.23. The lowest BCUT2D eigenvalue weighted by Gasteiger charge is -2.33. The predicted molar refractivity (Wildman–Crippen MR) is 111 cm³/mol. The van der Waals surface area contributed by atoms with Gasteiger partial charge >= 0.3 is 0 Å². The molecule has 1 aliphatic rings. The summed E-state index contributed by atoms with van der Waals surface area (Å²) in [7, 11) is 5.65. The zero-order chi connectivity index (χ0) is 19.9. The van der Waals surface area contributed by atoms with Crippen molar-refractivity contribution in [2.24, 2.45) is 5.92 Å². The van der Waals surface area contributed by atoms with Gasteiger partial charge in [0.05, 0.1) is 20.3 Å². The quantitative estimate of drug-likeness (QED) is 0.649. The van der Waals surface area contributed by atoms with Crippen molar-refractivity contribution in [3.05, 3.63) is 53.0 Å². The van der Waals surface area contributed by atoms with Crippen LogP contribution in [0.15, 0.2) is 34.7 Å². The van der Waals surface area contributed by atoms with Crippen molar-refractivity contribution in [2.75, 3.05) is 40.9 Å². The zero-order valence-corrected chi connectivity index (χ0v) is 17.7. The van der Waals surface area contributed by atoms with Gasteiger partial charge in [0, 0.05) is 25.8 Å². The van der Waals surface area contributed by atoms with Crippen LogP contribution in [0.25, 0.3) is 0 Å². The third kappa shape index (κ3) is 5.84. The van der Waals surface area contributed by atoms with E-state index >= 15 is 0 Å². The lowest BCUT2D eigenvalue weighted by molar-refractivity contribution is 0.140. The number of hydrogen-bond acceptors (Lipinski definition) is 5. The lowest BCUT2D eigenvalue weighted by atomic mass is 9.96. The fraction of sp³-hybridized carbons (Fsp3) is 0.565. The first-order chi connectivity index (χ1) is 13.6. The molecule has 1 saturated heterocycles. The van der Waals surface area contributed by atoms with Crippen molar-refractivity contribution < 1.29 is 13.9 Å². The van der Waals surface area contributed by atoms with Crippen molar-refractivity contribution >= 4 is 0 Å². The van der Waals surface area contributed by atoms with Gasteiger partial charge in [-0.2, -0.15) is 0 Å². The molecule has 0 radical (unpaired) electrons. The first kappa shape index (κ1) is 20.9. The second-order valence-electron chi connectivity index (χ2n) is 8.01. The number of piperidine rings is 1. The van der Waals surface area contributed by atoms with Crippen LogP contribution in [0.1, 0.15) is 35.5 Å². The van der Waals surface area contributed by atoms with Gasteiger partial charge in [0.1, 0.15) is 17.3 Å². The van der Waals surface area contributed by atoms with Gasteiger partial charge < -0.3 is 18.8 Å². The molecule has 1 fully saturated rings. The zero-order valence-electron chi connectivity index (χ0n) is 17.7. The van der Waals surface area contributed by atoms with Crippen molar-refractivity contribution in [2.45, 2.75) is 39.5 Å². The Labute approximate surface area is 169 Å². The van der Waals surface area contributed by atoms with Crippen LogP contribution in [0.5, 0.6) is 5.75 Å². The van der Waals surface area contributed by atoms with E-state index in [-0.39, 0.29) is 0 Å². The molecule has 1 aromatic heterocycles. The van der Waals surface area contributed by atoms with Crippen LogP contribution in [0.3, 0.4) is 0 Å². The summed E-state index contributed by atoms with van der Waals surface area (Å²) in [6.07, 6.45) is 2.50. The Morgan fingerprint density at radius 2 is 1.93 bits per heavy atom. The molecule has 2 heterocycles. The van der Waals surface area contributed by atoms with Gasteiger partial charge in [-0.25, -0.2) is 0 Å². The summed E-state index contributed by atoms with van der Waals surface area (Å²) in [6, 6.07) is 10.6. The van der Waals surface area contributed by atoms with E-state index in [9.17, 15) is 0 Å². The molecule has 3 rings (SSSR count). The number of nitrogens with zero attached hydrogens (tertiary/aromatic N) is 2. The maximum atomic E-state index is 5.72. The average molecular weight is 387 g/mol. The molecule has 28 heavy (non-hydrogen) atoms. The largest absolute Gasteiger partial charge is 0.496 e. The van der Waals surface area contributed by atoms with Crippen LogP contribution < -0.4 is 4.74 Å². The summed E-state index contributed by atoms with van der Waals surface area (Å²) >= 11 is 0. The summed E-state index contributed by atoms with van der Waals surface area (Å²) in [5, 5.41) is 0. The minimum absolute atomic E-state index is 0.578. The van der Waals surface area contributed by atoms with Crippen LogP contribution in [-0.4, -0.2) is 50.7 Å². The molecule has 2 aromatic rings. The molecule has 5 nitrogen and oxygen atoms in total. The van der Waals surface area contributed by atoms with E-state index in [4.69, 9.17) is 13.9 Å². The first-order valence-electron chi connectivity index (χ1n) is 10.2. The van der Waals surface area contributed by atoms with E-state index in [0.717, 1.165) is 61.5 Å². The standard InChI is InChI=1S/C23H34N2O3/c1-18-5-7-22(28-18)16-25-11-9-19(10-12-25)14-24(2)15-20-6-8-23(27-4)21(13-20)17-26-3/h5-8,13,19H,9-12,14-17H2,1-4H3. The van der Waals surface area contributed by atoms with Gasteiger partial charge in [0.15, 0.2) is 0 Å². The van der Waals surface area contributed by atoms with E-state index in [0.29, 0.717) is 6.61 Å². The first-order valence-corrected chi connectivity index (χ1v) is 10.2. The van der Waals surface area contributed by atoms with Crippen LogP contribution in [0.2, 0.25) is 0 Å². The normalized spacial score (nSPS) is 16.0. The number of ether oxygens (including phenoxy) is 2. The monoisotopic (exact) mass is 386 g/mol. The molecule has 0 bridgehead atoms. The van der Waals surface area contributed by atoms with Gasteiger partial charge in [-0.05, 0) is 75.6 Å². The number of benzene rings is 1. The van der Waals surface area contributed by atoms with E-state index in [1.807, 2.05) is 19.1 Å². The molecule has 1 aliphatic heterocycles.